The second-order valence-electron chi connectivity index (χ2n) is 14.4. The molecule has 0 saturated carbocycles. The zero-order chi connectivity index (χ0) is 36.1. The Balaban J connectivity index is 1.08. The molecule has 2 aliphatic rings. The van der Waals surface area contributed by atoms with Crippen LogP contribution in [0.25, 0.3) is 55.2 Å². The molecule has 0 N–H and O–H groups in total. The van der Waals surface area contributed by atoms with Gasteiger partial charge in [-0.15, -0.1) is 0 Å². The van der Waals surface area contributed by atoms with Crippen molar-refractivity contribution in [1.29, 1.82) is 0 Å². The van der Waals surface area contributed by atoms with Crippen molar-refractivity contribution < 1.29 is 8.83 Å². The Morgan fingerprint density at radius 1 is 0.400 bits per heavy atom. The normalized spacial score (nSPS) is 13.5. The summed E-state index contributed by atoms with van der Waals surface area (Å²) in [7, 11) is 0. The van der Waals surface area contributed by atoms with E-state index in [0.29, 0.717) is 0 Å². The Morgan fingerprint density at radius 3 is 1.78 bits per heavy atom. The number of fused-ring (bicyclic) bond motifs is 14. The van der Waals surface area contributed by atoms with Crippen molar-refractivity contribution in [2.75, 3.05) is 4.90 Å². The second-order valence-corrected chi connectivity index (χ2v) is 15.5. The predicted octanol–water partition coefficient (Wildman–Crippen LogP) is 14.3. The topological polar surface area (TPSA) is 29.5 Å². The van der Waals surface area contributed by atoms with Crippen LogP contribution >= 0.6 is 11.8 Å². The monoisotopic (exact) mass is 721 g/mol. The molecular formula is C51H31NO2S. The minimum atomic E-state index is -0.567. The molecule has 0 bridgehead atoms. The van der Waals surface area contributed by atoms with Gasteiger partial charge in [0, 0.05) is 44.2 Å². The number of para-hydroxylation sites is 1. The van der Waals surface area contributed by atoms with E-state index in [1.54, 1.807) is 0 Å². The molecule has 55 heavy (non-hydrogen) atoms. The Hall–Kier alpha value is -6.75. The fourth-order valence-corrected chi connectivity index (χ4v) is 10.4. The smallest absolute Gasteiger partial charge is 0.138 e. The minimum Gasteiger partial charge on any atom is -0.458 e. The van der Waals surface area contributed by atoms with Crippen molar-refractivity contribution in [3.63, 3.8) is 0 Å². The molecule has 8 aromatic carbocycles. The van der Waals surface area contributed by atoms with E-state index in [9.17, 15) is 0 Å². The molecule has 12 rings (SSSR count). The van der Waals surface area contributed by atoms with Gasteiger partial charge in [0.05, 0.1) is 4.90 Å². The highest BCUT2D eigenvalue weighted by molar-refractivity contribution is 7.99. The van der Waals surface area contributed by atoms with Gasteiger partial charge < -0.3 is 13.7 Å². The van der Waals surface area contributed by atoms with Crippen molar-refractivity contribution in [3.8, 4) is 22.3 Å². The third-order valence-electron chi connectivity index (χ3n) is 11.5. The molecule has 0 fully saturated rings. The van der Waals surface area contributed by atoms with Gasteiger partial charge in [0.15, 0.2) is 0 Å². The maximum atomic E-state index is 7.15. The van der Waals surface area contributed by atoms with Gasteiger partial charge in [0.2, 0.25) is 0 Å². The summed E-state index contributed by atoms with van der Waals surface area (Å²) in [5, 5.41) is 3.33. The van der Waals surface area contributed by atoms with E-state index in [-0.39, 0.29) is 0 Å². The first-order valence-corrected chi connectivity index (χ1v) is 19.5. The summed E-state index contributed by atoms with van der Waals surface area (Å²) in [5.41, 5.74) is 13.9. The third-order valence-corrected chi connectivity index (χ3v) is 12.7. The summed E-state index contributed by atoms with van der Waals surface area (Å²) >= 11 is 1.82. The summed E-state index contributed by atoms with van der Waals surface area (Å²) in [6.45, 7) is 0. The van der Waals surface area contributed by atoms with Gasteiger partial charge in [-0.05, 0) is 93.5 Å². The first-order valence-electron chi connectivity index (χ1n) is 18.7. The SMILES string of the molecule is c1ccc(-c2ccc(N(c3ccc4c(c3)oc3ccccc34)c3ccc4oc5c(c4c3)Sc3ccccc3C53c4ccccc4-c4ccccc43)cc2)cc1. The summed E-state index contributed by atoms with van der Waals surface area (Å²) in [4.78, 5) is 4.74. The summed E-state index contributed by atoms with van der Waals surface area (Å²) in [5.74, 6) is 0.989. The van der Waals surface area contributed by atoms with Crippen molar-refractivity contribution in [2.24, 2.45) is 0 Å². The molecule has 0 saturated heterocycles. The van der Waals surface area contributed by atoms with Crippen LogP contribution in [0.2, 0.25) is 0 Å². The fraction of sp³-hybridized carbons (Fsp3) is 0.0196. The van der Waals surface area contributed by atoms with Crippen LogP contribution in [0.15, 0.2) is 207 Å². The van der Waals surface area contributed by atoms with E-state index in [1.807, 2.05) is 23.9 Å². The fourth-order valence-electron chi connectivity index (χ4n) is 9.15. The number of nitrogens with zero attached hydrogens (tertiary/aromatic N) is 1. The molecule has 3 heterocycles. The van der Waals surface area contributed by atoms with Crippen LogP contribution in [-0.4, -0.2) is 0 Å². The van der Waals surface area contributed by atoms with Gasteiger partial charge in [0.25, 0.3) is 0 Å². The number of anilines is 3. The van der Waals surface area contributed by atoms with Crippen molar-refractivity contribution in [1.82, 2.24) is 0 Å². The number of hydrogen-bond donors (Lipinski definition) is 0. The zero-order valence-electron chi connectivity index (χ0n) is 29.6. The predicted molar refractivity (Wildman–Crippen MR) is 225 cm³/mol. The first-order chi connectivity index (χ1) is 27.3. The van der Waals surface area contributed by atoms with Crippen LogP contribution in [0.3, 0.4) is 0 Å². The van der Waals surface area contributed by atoms with Crippen LogP contribution < -0.4 is 4.90 Å². The molecule has 3 nitrogen and oxygen atoms in total. The third kappa shape index (κ3) is 4.34. The molecule has 0 amide bonds. The van der Waals surface area contributed by atoms with Crippen molar-refractivity contribution in [2.45, 2.75) is 15.2 Å². The average molecular weight is 722 g/mol. The van der Waals surface area contributed by atoms with Gasteiger partial charge in [-0.1, -0.05) is 139 Å². The molecule has 1 aliphatic carbocycles. The van der Waals surface area contributed by atoms with Crippen LogP contribution in [-0.2, 0) is 5.41 Å². The van der Waals surface area contributed by atoms with Crippen molar-refractivity contribution in [3.05, 3.63) is 211 Å². The van der Waals surface area contributed by atoms with E-state index in [1.165, 1.54) is 43.8 Å². The van der Waals surface area contributed by atoms with E-state index in [4.69, 9.17) is 8.83 Å². The number of furan rings is 2. The first kappa shape index (κ1) is 30.7. The number of benzene rings is 8. The summed E-state index contributed by atoms with van der Waals surface area (Å²) in [6.07, 6.45) is 0. The molecule has 1 aliphatic heterocycles. The summed E-state index contributed by atoms with van der Waals surface area (Å²) < 4.78 is 13.6. The Bertz CT molecular complexity index is 3090. The largest absolute Gasteiger partial charge is 0.458 e. The molecule has 4 heteroatoms. The lowest BCUT2D eigenvalue weighted by molar-refractivity contribution is 0.478. The second kappa shape index (κ2) is 11.6. The lowest BCUT2D eigenvalue weighted by Gasteiger charge is -2.36. The molecule has 1 spiro atoms. The highest BCUT2D eigenvalue weighted by Crippen LogP contribution is 2.63. The van der Waals surface area contributed by atoms with Gasteiger partial charge in [-0.25, -0.2) is 0 Å². The Kier molecular flexibility index (Phi) is 6.48. The van der Waals surface area contributed by atoms with Gasteiger partial charge in [-0.2, -0.15) is 0 Å². The maximum absolute atomic E-state index is 7.15. The van der Waals surface area contributed by atoms with Crippen LogP contribution in [0.4, 0.5) is 17.1 Å². The molecule has 258 valence electrons. The maximum Gasteiger partial charge on any atom is 0.138 e. The van der Waals surface area contributed by atoms with Gasteiger partial charge >= 0.3 is 0 Å². The van der Waals surface area contributed by atoms with Gasteiger partial charge in [-0.3, -0.25) is 0 Å². The lowest BCUT2D eigenvalue weighted by Crippen LogP contribution is -2.31. The lowest BCUT2D eigenvalue weighted by atomic mass is 9.70. The minimum absolute atomic E-state index is 0.567. The van der Waals surface area contributed by atoms with E-state index in [0.717, 1.165) is 60.6 Å². The number of rotatable bonds is 4. The van der Waals surface area contributed by atoms with Crippen LogP contribution in [0.1, 0.15) is 22.5 Å². The summed E-state index contributed by atoms with van der Waals surface area (Å²) in [6, 6.07) is 67.4. The molecule has 10 aromatic rings. The molecular weight excluding hydrogens is 691 g/mol. The standard InChI is InChI=1S/C51H31NO2S/c1-2-12-32(13-3-1)33-22-24-34(25-23-33)52(36-26-28-40-39-16-6-10-20-45(39)53-47(40)31-36)35-27-29-46-41(30-35)49-50(54-46)51(44-19-9-11-21-48(44)55-49)42-17-7-4-14-37(42)38-15-5-8-18-43(38)51/h1-31H. The molecule has 0 unspecified atom stereocenters. The molecule has 0 atom stereocenters. The van der Waals surface area contributed by atoms with Crippen LogP contribution in [0, 0.1) is 0 Å². The highest BCUT2D eigenvalue weighted by atomic mass is 32.2. The van der Waals surface area contributed by atoms with Gasteiger partial charge in [0.1, 0.15) is 27.9 Å². The molecule has 0 radical (unpaired) electrons. The Labute approximate surface area is 322 Å². The Morgan fingerprint density at radius 2 is 0.982 bits per heavy atom. The van der Waals surface area contributed by atoms with Crippen LogP contribution in [0.5, 0.6) is 0 Å². The highest BCUT2D eigenvalue weighted by Gasteiger charge is 2.53. The van der Waals surface area contributed by atoms with Crippen molar-refractivity contribution >= 4 is 61.7 Å². The van der Waals surface area contributed by atoms with E-state index < -0.39 is 5.41 Å². The van der Waals surface area contributed by atoms with E-state index in [2.05, 4.69) is 181 Å². The molecule has 2 aromatic heterocycles. The average Bonchev–Trinajstić information content (AvgIpc) is 3.90. The quantitative estimate of drug-likeness (QED) is 0.181. The zero-order valence-corrected chi connectivity index (χ0v) is 30.4. The number of hydrogen-bond acceptors (Lipinski definition) is 4. The van der Waals surface area contributed by atoms with E-state index >= 15 is 0 Å².